The monoisotopic (exact) mass is 1010 g/mol. The quantitative estimate of drug-likeness (QED) is 0.0610. The highest BCUT2D eigenvalue weighted by molar-refractivity contribution is 6.32. The Hall–Kier alpha value is -6.75. The predicted molar refractivity (Wildman–Crippen MR) is 264 cm³/mol. The first kappa shape index (κ1) is 55.2. The summed E-state index contributed by atoms with van der Waals surface area (Å²) in [6.45, 7) is 12.7. The second-order valence-electron chi connectivity index (χ2n) is 17.7. The molecule has 2 spiro atoms. The number of likely N-dealkylation sites (tertiary alicyclic amines) is 2. The Bertz CT molecular complexity index is 2690. The molecule has 384 valence electrons. The first-order valence-corrected chi connectivity index (χ1v) is 23.4. The number of halogens is 5. The van der Waals surface area contributed by atoms with Gasteiger partial charge in [0, 0.05) is 56.8 Å². The average Bonchev–Trinajstić information content (AvgIpc) is 4.00. The van der Waals surface area contributed by atoms with E-state index in [0.717, 1.165) is 37.8 Å². The number of benzene rings is 2. The molecule has 2 aromatic carbocycles. The summed E-state index contributed by atoms with van der Waals surface area (Å²) < 4.78 is 65.3. The largest absolute Gasteiger partial charge is 0.492 e. The van der Waals surface area contributed by atoms with Crippen molar-refractivity contribution in [1.82, 2.24) is 40.0 Å². The number of nitrogens with one attached hydrogen (secondary N) is 2. The zero-order chi connectivity index (χ0) is 51.3. The molecule has 71 heavy (non-hydrogen) atoms. The Kier molecular flexibility index (Phi) is 17.5. The van der Waals surface area contributed by atoms with Gasteiger partial charge in [-0.2, -0.15) is 23.4 Å². The molecule has 21 heteroatoms. The third-order valence-corrected chi connectivity index (χ3v) is 13.2. The highest BCUT2D eigenvalue weighted by Crippen LogP contribution is 2.56. The summed E-state index contributed by atoms with van der Waals surface area (Å²) in [5, 5.41) is 14.8. The van der Waals surface area contributed by atoms with Crippen molar-refractivity contribution in [2.75, 3.05) is 65.0 Å². The smallest absolute Gasteiger partial charge is 0.422 e. The number of alkyl halides is 3. The molecule has 2 saturated heterocycles. The van der Waals surface area contributed by atoms with Gasteiger partial charge in [-0.05, 0) is 99.3 Å². The van der Waals surface area contributed by atoms with Crippen molar-refractivity contribution in [3.05, 3.63) is 71.0 Å². The molecule has 0 radical (unpaired) electrons. The Morgan fingerprint density at radius 2 is 1.38 bits per heavy atom. The van der Waals surface area contributed by atoms with Crippen molar-refractivity contribution < 1.29 is 46.2 Å². The van der Waals surface area contributed by atoms with Gasteiger partial charge >= 0.3 is 6.18 Å². The van der Waals surface area contributed by atoms with Crippen molar-refractivity contribution in [3.8, 4) is 45.9 Å². The van der Waals surface area contributed by atoms with Crippen LogP contribution in [0.5, 0.6) is 11.5 Å². The van der Waals surface area contributed by atoms with Gasteiger partial charge in [0.05, 0.1) is 23.7 Å². The number of carbonyl (C=O) groups is 4. The van der Waals surface area contributed by atoms with E-state index >= 15 is 0 Å². The molecule has 4 amide bonds. The molecule has 6 N–H and O–H groups in total. The summed E-state index contributed by atoms with van der Waals surface area (Å²) in [6, 6.07) is 8.62. The molecule has 8 rings (SSSR count). The molecule has 16 nitrogen and oxygen atoms in total. The molecular formula is C50H63ClF4N10O6. The van der Waals surface area contributed by atoms with Crippen LogP contribution in [0.15, 0.2) is 49.1 Å². The zero-order valence-electron chi connectivity index (χ0n) is 40.1. The van der Waals surface area contributed by atoms with E-state index in [1.807, 2.05) is 26.8 Å². The third kappa shape index (κ3) is 11.6. The van der Waals surface area contributed by atoms with Gasteiger partial charge in [-0.1, -0.05) is 52.3 Å². The number of carbonyl (C=O) groups excluding carboxylic acids is 4. The summed E-state index contributed by atoms with van der Waals surface area (Å²) in [5.74, 6) is 3.58. The van der Waals surface area contributed by atoms with Gasteiger partial charge in [-0.3, -0.25) is 19.2 Å². The number of hydrogen-bond donors (Lipinski definition) is 4. The van der Waals surface area contributed by atoms with Crippen molar-refractivity contribution in [2.24, 2.45) is 10.8 Å². The minimum Gasteiger partial charge on any atom is -0.492 e. The zero-order valence-corrected chi connectivity index (χ0v) is 40.8. The van der Waals surface area contributed by atoms with E-state index in [-0.39, 0.29) is 70.7 Å². The summed E-state index contributed by atoms with van der Waals surface area (Å²) in [4.78, 5) is 52.7. The van der Waals surface area contributed by atoms with Crippen LogP contribution >= 0.6 is 11.6 Å². The van der Waals surface area contributed by atoms with Crippen LogP contribution in [0, 0.1) is 28.5 Å². The molecule has 2 saturated carbocycles. The average molecular weight is 1010 g/mol. The number of hydrogen-bond acceptors (Lipinski definition) is 10. The lowest BCUT2D eigenvalue weighted by Crippen LogP contribution is -2.63. The highest BCUT2D eigenvalue weighted by Gasteiger charge is 2.55. The van der Waals surface area contributed by atoms with Crippen LogP contribution in [-0.2, 0) is 9.59 Å². The molecule has 4 aromatic rings. The van der Waals surface area contributed by atoms with E-state index in [2.05, 4.69) is 38.9 Å². The fourth-order valence-electron chi connectivity index (χ4n) is 9.61. The van der Waals surface area contributed by atoms with Gasteiger partial charge in [0.25, 0.3) is 17.7 Å². The summed E-state index contributed by atoms with van der Waals surface area (Å²) in [5.41, 5.74) is 14.6. The molecule has 2 aliphatic heterocycles. The van der Waals surface area contributed by atoms with E-state index in [1.54, 1.807) is 40.6 Å². The van der Waals surface area contributed by atoms with Gasteiger partial charge in [0.1, 0.15) is 39.9 Å². The molecule has 0 unspecified atom stereocenters. The van der Waals surface area contributed by atoms with Gasteiger partial charge in [-0.15, -0.1) is 0 Å². The number of aromatic nitrogens is 4. The number of nitrogen functional groups attached to an aromatic ring is 2. The first-order chi connectivity index (χ1) is 33.3. The molecular weight excluding hydrogens is 948 g/mol. The summed E-state index contributed by atoms with van der Waals surface area (Å²) >= 11 is 6.42. The molecule has 2 aromatic heterocycles. The standard InChI is InChI=1S/C24H28ClN5O3.C23H25F4N5O3.C2H6.CH4/c1-4-6-19(31)29-13-24(14-29)11-16(12-24)30-22(26)20(23(32)27-3)21(28-30)15-7-8-18(17(25)10-15)33-9-5-2;1-3-17(33)31-7-6-22(11-31)9-14(10-22)32-20(28)18(21(34)29-2)19(30-32)13-4-5-15(24)16(8-13)35-12-23(25,26)27;1-2;/h7-8,10,16H,5,9,11-14,26H2,1-3H3,(H,27,32);3-5,8,14H,1,6-7,9-12,28H2,2H3,(H,29,34);1-2H3;1H4. The van der Waals surface area contributed by atoms with Gasteiger partial charge in [0.2, 0.25) is 5.91 Å². The second-order valence-corrected chi connectivity index (χ2v) is 18.1. The Balaban J connectivity index is 0.000000252. The van der Waals surface area contributed by atoms with Crippen LogP contribution in [0.4, 0.5) is 29.2 Å². The van der Waals surface area contributed by atoms with Crippen molar-refractivity contribution in [3.63, 3.8) is 0 Å². The van der Waals surface area contributed by atoms with Crippen LogP contribution in [0.1, 0.15) is 106 Å². The molecule has 2 aliphatic carbocycles. The second kappa shape index (κ2) is 22.6. The number of nitrogens with zero attached hydrogens (tertiary/aromatic N) is 6. The molecule has 0 atom stereocenters. The van der Waals surface area contributed by atoms with E-state index in [0.29, 0.717) is 79.0 Å². The maximum absolute atomic E-state index is 14.1. The topological polar surface area (TPSA) is 205 Å². The maximum atomic E-state index is 14.1. The van der Waals surface area contributed by atoms with Gasteiger partial charge in [-0.25, -0.2) is 13.8 Å². The third-order valence-electron chi connectivity index (χ3n) is 12.9. The summed E-state index contributed by atoms with van der Waals surface area (Å²) in [7, 11) is 2.97. The van der Waals surface area contributed by atoms with Crippen LogP contribution in [-0.4, -0.2) is 113 Å². The summed E-state index contributed by atoms with van der Waals surface area (Å²) in [6.07, 6.45) is 1.42. The molecule has 0 bridgehead atoms. The van der Waals surface area contributed by atoms with Crippen molar-refractivity contribution in [1.29, 1.82) is 0 Å². The van der Waals surface area contributed by atoms with Crippen LogP contribution < -0.4 is 31.6 Å². The van der Waals surface area contributed by atoms with Crippen LogP contribution in [0.3, 0.4) is 0 Å². The maximum Gasteiger partial charge on any atom is 0.422 e. The number of rotatable bonds is 12. The van der Waals surface area contributed by atoms with Gasteiger partial charge < -0.3 is 41.4 Å². The number of amides is 4. The van der Waals surface area contributed by atoms with E-state index in [4.69, 9.17) is 32.9 Å². The van der Waals surface area contributed by atoms with Crippen LogP contribution in [0.25, 0.3) is 22.5 Å². The molecule has 4 fully saturated rings. The fraction of sp³-hybridized carbons (Fsp3) is 0.480. The Labute approximate surface area is 416 Å². The minimum absolute atomic E-state index is 0. The first-order valence-electron chi connectivity index (χ1n) is 23.0. The Morgan fingerprint density at radius 3 is 1.87 bits per heavy atom. The minimum atomic E-state index is -4.64. The normalized spacial score (nSPS) is 16.3. The van der Waals surface area contributed by atoms with E-state index in [1.165, 1.54) is 23.9 Å². The number of anilines is 2. The lowest BCUT2D eigenvalue weighted by Gasteiger charge is -2.58. The lowest BCUT2D eigenvalue weighted by atomic mass is 9.60. The predicted octanol–water partition coefficient (Wildman–Crippen LogP) is 8.09. The lowest BCUT2D eigenvalue weighted by molar-refractivity contribution is -0.153. The molecule has 4 heterocycles. The number of nitrogens with two attached hydrogens (primary N) is 2. The van der Waals surface area contributed by atoms with Crippen molar-refractivity contribution in [2.45, 2.75) is 91.9 Å². The van der Waals surface area contributed by atoms with Gasteiger partial charge in [0.15, 0.2) is 18.2 Å². The Morgan fingerprint density at radius 1 is 0.859 bits per heavy atom. The van der Waals surface area contributed by atoms with E-state index in [9.17, 15) is 36.7 Å². The number of ether oxygens (including phenoxy) is 2. The molecule has 4 aliphatic rings. The SMILES string of the molecule is C.C=CC(=O)N1CCC2(CC(n3nc(-c4ccc(F)c(OCC(F)(F)F)c4)c(C(=O)NC)c3N)C2)C1.CC.CC#CC(=O)N1CC2(CC(n3nc(-c4ccc(OCCC)c(Cl)c4)c(C(=O)NC)c3N)C2)C1. The van der Waals surface area contributed by atoms with Crippen molar-refractivity contribution >= 4 is 46.9 Å². The van der Waals surface area contributed by atoms with Crippen LogP contribution in [0.2, 0.25) is 5.02 Å². The highest BCUT2D eigenvalue weighted by atomic mass is 35.5. The van der Waals surface area contributed by atoms with E-state index < -0.39 is 30.3 Å². The fourth-order valence-corrected chi connectivity index (χ4v) is 9.85.